The van der Waals surface area contributed by atoms with Crippen molar-refractivity contribution in [3.8, 4) is 5.75 Å². The summed E-state index contributed by atoms with van der Waals surface area (Å²) < 4.78 is 62.9. The van der Waals surface area contributed by atoms with E-state index in [9.17, 15) is 32.3 Å². The molecule has 3 aliphatic heterocycles. The van der Waals surface area contributed by atoms with Gasteiger partial charge in [-0.2, -0.15) is 13.2 Å². The number of benzene rings is 3. The molecule has 3 aliphatic rings. The first-order valence-electron chi connectivity index (χ1n) is 18.7. The average molecular weight is 812 g/mol. The third-order valence-corrected chi connectivity index (χ3v) is 11.0. The number of hydrogen-bond donors (Lipinski definition) is 4. The summed E-state index contributed by atoms with van der Waals surface area (Å²) in [5.41, 5.74) is 3.78. The van der Waals surface area contributed by atoms with Gasteiger partial charge in [-0.05, 0) is 112 Å². The van der Waals surface area contributed by atoms with Gasteiger partial charge in [0.2, 0.25) is 17.7 Å². The van der Waals surface area contributed by atoms with Crippen molar-refractivity contribution in [2.75, 3.05) is 52.4 Å². The summed E-state index contributed by atoms with van der Waals surface area (Å²) in [6.07, 6.45) is -2.99. The van der Waals surface area contributed by atoms with Crippen molar-refractivity contribution in [1.29, 1.82) is 0 Å². The molecule has 3 aromatic carbocycles. The predicted octanol–water partition coefficient (Wildman–Crippen LogP) is 6.20. The zero-order valence-corrected chi connectivity index (χ0v) is 32.6. The fourth-order valence-corrected chi connectivity index (χ4v) is 7.86. The van der Waals surface area contributed by atoms with Crippen molar-refractivity contribution in [2.45, 2.75) is 82.7 Å². The maximum absolute atomic E-state index is 15.9. The number of ether oxygens (including phenoxy) is 1. The minimum atomic E-state index is -4.72. The monoisotopic (exact) mass is 811 g/mol. The van der Waals surface area contributed by atoms with Crippen LogP contribution in [0.5, 0.6) is 5.75 Å². The van der Waals surface area contributed by atoms with Crippen LogP contribution in [0.2, 0.25) is 0 Å². The molecule has 3 heterocycles. The molecule has 17 heteroatoms. The number of halogens is 4. The fraction of sp³-hybridized carbons (Fsp3) is 0.425. The van der Waals surface area contributed by atoms with Crippen molar-refractivity contribution >= 4 is 69.4 Å². The summed E-state index contributed by atoms with van der Waals surface area (Å²) in [5.74, 6) is -0.917. The van der Waals surface area contributed by atoms with E-state index < -0.39 is 46.5 Å². The fourth-order valence-electron chi connectivity index (χ4n) is 7.34. The highest BCUT2D eigenvalue weighted by Crippen LogP contribution is 2.41. The van der Waals surface area contributed by atoms with Crippen molar-refractivity contribution < 1.29 is 41.5 Å². The molecule has 0 aliphatic carbocycles. The molecule has 0 aromatic heterocycles. The molecule has 0 radical (unpaired) electrons. The number of thiocarbonyl (C=S) groups is 1. The average Bonchev–Trinajstić information content (AvgIpc) is 3.32. The summed E-state index contributed by atoms with van der Waals surface area (Å²) in [6.45, 7) is 6.15. The van der Waals surface area contributed by atoms with E-state index in [1.54, 1.807) is 55.1 Å². The topological polar surface area (TPSA) is 149 Å². The third-order valence-electron chi connectivity index (χ3n) is 10.6. The van der Waals surface area contributed by atoms with E-state index in [0.717, 1.165) is 22.6 Å². The number of nitrogen functional groups attached to an aromatic ring is 1. The van der Waals surface area contributed by atoms with Gasteiger partial charge in [0.05, 0.1) is 24.4 Å². The lowest BCUT2D eigenvalue weighted by Gasteiger charge is -2.36. The van der Waals surface area contributed by atoms with E-state index in [1.165, 1.54) is 6.07 Å². The maximum Gasteiger partial charge on any atom is 0.418 e. The van der Waals surface area contributed by atoms with Gasteiger partial charge in [-0.3, -0.25) is 34.3 Å². The number of nitrogens with two attached hydrogens (primary N) is 1. The van der Waals surface area contributed by atoms with Crippen LogP contribution in [0.3, 0.4) is 0 Å². The Kier molecular flexibility index (Phi) is 11.8. The molecule has 304 valence electrons. The molecular weight excluding hydrogens is 767 g/mol. The second kappa shape index (κ2) is 16.3. The Labute approximate surface area is 333 Å². The number of carbonyl (C=O) groups excluding carboxylic acids is 4. The van der Waals surface area contributed by atoms with Crippen LogP contribution in [-0.4, -0.2) is 77.1 Å². The Morgan fingerprint density at radius 1 is 1.02 bits per heavy atom. The molecule has 5 N–H and O–H groups in total. The van der Waals surface area contributed by atoms with Gasteiger partial charge in [0, 0.05) is 48.7 Å². The molecular formula is C40H45F4N7O5S. The van der Waals surface area contributed by atoms with Crippen LogP contribution in [0, 0.1) is 0 Å². The molecule has 3 saturated heterocycles. The molecule has 1 unspecified atom stereocenters. The van der Waals surface area contributed by atoms with Gasteiger partial charge in [0.25, 0.3) is 5.91 Å². The molecule has 0 saturated carbocycles. The van der Waals surface area contributed by atoms with E-state index in [1.807, 2.05) is 17.9 Å². The second-order valence-corrected chi connectivity index (χ2v) is 15.4. The second-order valence-electron chi connectivity index (χ2n) is 15.0. The van der Waals surface area contributed by atoms with Gasteiger partial charge in [0.1, 0.15) is 23.0 Å². The quantitative estimate of drug-likeness (QED) is 0.0722. The van der Waals surface area contributed by atoms with Crippen LogP contribution >= 0.6 is 12.2 Å². The number of nitrogens with one attached hydrogen (secondary N) is 3. The number of piperidine rings is 2. The maximum atomic E-state index is 15.9. The number of imide groups is 1. The molecule has 0 spiro atoms. The Morgan fingerprint density at radius 2 is 1.72 bits per heavy atom. The van der Waals surface area contributed by atoms with Crippen LogP contribution < -0.4 is 36.2 Å². The Hall–Kier alpha value is -5.29. The third kappa shape index (κ3) is 9.14. The molecule has 3 fully saturated rings. The van der Waals surface area contributed by atoms with Crippen LogP contribution in [0.1, 0.15) is 64.0 Å². The number of anilines is 5. The number of aryl methyl sites for hydroxylation is 1. The van der Waals surface area contributed by atoms with Gasteiger partial charge >= 0.3 is 6.18 Å². The lowest BCUT2D eigenvalue weighted by Crippen LogP contribution is -2.47. The normalized spacial score (nSPS) is 19.7. The molecule has 0 bridgehead atoms. The molecule has 12 nitrogen and oxygen atoms in total. The first kappa shape index (κ1) is 41.3. The Bertz CT molecular complexity index is 2070. The number of nitrogens with zero attached hydrogens (tertiary/aromatic N) is 3. The van der Waals surface area contributed by atoms with E-state index in [0.29, 0.717) is 48.7 Å². The summed E-state index contributed by atoms with van der Waals surface area (Å²) in [4.78, 5) is 54.6. The summed E-state index contributed by atoms with van der Waals surface area (Å²) in [7, 11) is 0. The van der Waals surface area contributed by atoms with Crippen LogP contribution in [0.25, 0.3) is 0 Å². The van der Waals surface area contributed by atoms with Gasteiger partial charge in [0.15, 0.2) is 5.11 Å². The van der Waals surface area contributed by atoms with Gasteiger partial charge in [-0.15, -0.1) is 0 Å². The summed E-state index contributed by atoms with van der Waals surface area (Å²) >= 11 is 5.68. The van der Waals surface area contributed by atoms with Crippen molar-refractivity contribution in [3.63, 3.8) is 0 Å². The molecule has 57 heavy (non-hydrogen) atoms. The first-order valence-corrected chi connectivity index (χ1v) is 19.1. The van der Waals surface area contributed by atoms with Crippen molar-refractivity contribution in [1.82, 2.24) is 10.2 Å². The van der Waals surface area contributed by atoms with Gasteiger partial charge < -0.3 is 26.0 Å². The number of carbonyl (C=O) groups is 4. The highest BCUT2D eigenvalue weighted by Gasteiger charge is 2.51. The van der Waals surface area contributed by atoms with Crippen LogP contribution in [0.4, 0.5) is 46.0 Å². The zero-order valence-electron chi connectivity index (χ0n) is 31.8. The smallest absolute Gasteiger partial charge is 0.418 e. The lowest BCUT2D eigenvalue weighted by molar-refractivity contribution is -0.137. The van der Waals surface area contributed by atoms with E-state index in [2.05, 4.69) is 16.0 Å². The number of likely N-dealkylation sites (tertiary alicyclic amines) is 1. The standard InChI is InChI=1S/C40H45F4N7O5S/c1-4-24-20-28(51-37(57)50(36(55)38(51,2)3)27-8-10-30(45)29(22-27)40(42,43)44)9-12-32(24)56-19-16-39(41)14-17-49(18-15-39)23-34(53)47-26-7-5-6-25(21-26)46-31-11-13-33(52)48-35(31)54/h5-10,12,20-22,31,46H,4,11,13-19,23,45H2,1-3H3,(H,47,53)(H,48,52,54). The van der Waals surface area contributed by atoms with Crippen LogP contribution in [0.15, 0.2) is 60.7 Å². The van der Waals surface area contributed by atoms with Crippen LogP contribution in [-0.2, 0) is 31.8 Å². The highest BCUT2D eigenvalue weighted by atomic mass is 32.1. The summed E-state index contributed by atoms with van der Waals surface area (Å²) in [6, 6.07) is 14.9. The number of alkyl halides is 4. The van der Waals surface area contributed by atoms with Gasteiger partial charge in [-0.1, -0.05) is 13.0 Å². The lowest BCUT2D eigenvalue weighted by atomic mass is 9.90. The minimum absolute atomic E-state index is 0.00958. The van der Waals surface area contributed by atoms with Crippen molar-refractivity contribution in [2.24, 2.45) is 0 Å². The predicted molar refractivity (Wildman–Crippen MR) is 213 cm³/mol. The summed E-state index contributed by atoms with van der Waals surface area (Å²) in [5, 5.41) is 8.27. The molecule has 4 amide bonds. The molecule has 3 aromatic rings. The largest absolute Gasteiger partial charge is 0.493 e. The SMILES string of the molecule is CCc1cc(N2C(=S)N(c3ccc(N)c(C(F)(F)F)c3)C(=O)C2(C)C)ccc1OCCC1(F)CCN(CC(=O)Nc2cccc(NC3CCC(=O)NC3=O)c2)CC1. The first-order chi connectivity index (χ1) is 26.9. The van der Waals surface area contributed by atoms with E-state index in [4.69, 9.17) is 22.7 Å². The van der Waals surface area contributed by atoms with Gasteiger partial charge in [-0.25, -0.2) is 4.39 Å². The Morgan fingerprint density at radius 3 is 2.40 bits per heavy atom. The zero-order chi connectivity index (χ0) is 41.3. The molecule has 6 rings (SSSR count). The van der Waals surface area contributed by atoms with E-state index in [-0.39, 0.29) is 61.4 Å². The Balaban J connectivity index is 1.01. The molecule has 1 atom stereocenters. The van der Waals surface area contributed by atoms with Crippen molar-refractivity contribution in [3.05, 3.63) is 71.8 Å². The minimum Gasteiger partial charge on any atom is -0.493 e. The highest BCUT2D eigenvalue weighted by molar-refractivity contribution is 7.81. The number of rotatable bonds is 12. The number of hydrogen-bond acceptors (Lipinski definition) is 9. The number of amides is 4. The van der Waals surface area contributed by atoms with E-state index >= 15 is 4.39 Å².